The molecule has 13 N–H and O–H groups in total. The molecule has 3 unspecified atom stereocenters. The predicted octanol–water partition coefficient (Wildman–Crippen LogP) is -0.669. The van der Waals surface area contributed by atoms with E-state index in [4.69, 9.17) is 39.9 Å². The Bertz CT molecular complexity index is 2810. The molecule has 1 aromatic carbocycles. The number of nitrogens with one attached hydrogen (secondary N) is 7. The van der Waals surface area contributed by atoms with Gasteiger partial charge in [-0.25, -0.2) is 4.79 Å². The number of rotatable bonds is 56. The lowest BCUT2D eigenvalue weighted by Crippen LogP contribution is -2.56. The fourth-order valence-electron chi connectivity index (χ4n) is 11.8. The van der Waals surface area contributed by atoms with Gasteiger partial charge in [0.25, 0.3) is 0 Å². The number of aliphatic carboxylic acids is 2. The van der Waals surface area contributed by atoms with E-state index in [2.05, 4.69) is 37.2 Å². The molecule has 0 saturated carbocycles. The second kappa shape index (κ2) is 51.5. The third kappa shape index (κ3) is 35.6. The second-order valence-electron chi connectivity index (χ2n) is 25.7. The number of likely N-dealkylation sites (N-methyl/N-ethyl adjacent to an activating group) is 2. The van der Waals surface area contributed by atoms with Crippen molar-refractivity contribution in [2.24, 2.45) is 35.1 Å². The van der Waals surface area contributed by atoms with Crippen LogP contribution in [0.4, 0.5) is 0 Å². The summed E-state index contributed by atoms with van der Waals surface area (Å²) in [5.41, 5.74) is 11.4. The summed E-state index contributed by atoms with van der Waals surface area (Å²) in [6.45, 7) is 12.2. The van der Waals surface area contributed by atoms with E-state index in [-0.39, 0.29) is 147 Å². The van der Waals surface area contributed by atoms with Crippen LogP contribution in [0.25, 0.3) is 0 Å². The molecule has 11 amide bonds. The number of hydrogen-bond acceptors (Lipinski definition) is 21. The van der Waals surface area contributed by atoms with Crippen molar-refractivity contribution in [2.45, 2.75) is 166 Å². The van der Waals surface area contributed by atoms with Crippen LogP contribution in [-0.4, -0.2) is 282 Å². The summed E-state index contributed by atoms with van der Waals surface area (Å²) in [4.78, 5) is 171. The zero-order chi connectivity index (χ0) is 77.0. The topological polar surface area (TPSA) is 464 Å². The van der Waals surface area contributed by atoms with Crippen molar-refractivity contribution >= 4 is 88.7 Å². The first-order valence-corrected chi connectivity index (χ1v) is 36.3. The van der Waals surface area contributed by atoms with E-state index in [0.29, 0.717) is 45.1 Å². The Morgan fingerprint density at radius 2 is 1.23 bits per heavy atom. The van der Waals surface area contributed by atoms with Gasteiger partial charge < -0.3 is 102 Å². The first kappa shape index (κ1) is 91.5. The van der Waals surface area contributed by atoms with E-state index < -0.39 is 132 Å². The lowest BCUT2D eigenvalue weighted by Gasteiger charge is -2.39. The third-order valence-electron chi connectivity index (χ3n) is 17.7. The Labute approximate surface area is 609 Å². The largest absolute Gasteiger partial charge is 0.480 e. The minimum Gasteiger partial charge on any atom is -0.480 e. The number of nitrogens with two attached hydrogens (primary N) is 2. The second-order valence-corrected chi connectivity index (χ2v) is 26.9. The summed E-state index contributed by atoms with van der Waals surface area (Å²) < 4.78 is 33.6. The van der Waals surface area contributed by atoms with Crippen LogP contribution in [0.2, 0.25) is 0 Å². The number of benzene rings is 1. The number of carbonyl (C=O) groups is 13. The molecule has 33 nitrogen and oxygen atoms in total. The van der Waals surface area contributed by atoms with Crippen LogP contribution in [0.5, 0.6) is 0 Å². The van der Waals surface area contributed by atoms with Crippen molar-refractivity contribution in [3.05, 3.63) is 35.9 Å². The van der Waals surface area contributed by atoms with Gasteiger partial charge in [-0.1, -0.05) is 91.1 Å². The first-order valence-electron chi connectivity index (χ1n) is 35.3. The maximum atomic E-state index is 14.3. The first-order chi connectivity index (χ1) is 49.0. The van der Waals surface area contributed by atoms with E-state index >= 15 is 0 Å². The van der Waals surface area contributed by atoms with Crippen molar-refractivity contribution < 1.29 is 101 Å². The maximum absolute atomic E-state index is 14.3. The van der Waals surface area contributed by atoms with Crippen LogP contribution < -0.4 is 48.7 Å². The van der Waals surface area contributed by atoms with Gasteiger partial charge in [-0.05, 0) is 49.0 Å². The van der Waals surface area contributed by atoms with Crippen LogP contribution in [-0.2, 0) is 97.2 Å². The molecule has 1 aliphatic heterocycles. The van der Waals surface area contributed by atoms with Gasteiger partial charge >= 0.3 is 11.9 Å². The molecule has 1 aromatic rings. The van der Waals surface area contributed by atoms with Gasteiger partial charge in [0.15, 0.2) is 0 Å². The number of carboxylic acids is 2. The smallest absolute Gasteiger partial charge is 0.326 e. The number of likely N-dealkylation sites (tertiary alicyclic amines) is 1. The van der Waals surface area contributed by atoms with Crippen molar-refractivity contribution in [1.29, 1.82) is 0 Å². The zero-order valence-corrected chi connectivity index (χ0v) is 62.5. The summed E-state index contributed by atoms with van der Waals surface area (Å²) in [5, 5.41) is 36.5. The van der Waals surface area contributed by atoms with Crippen molar-refractivity contribution in [3.8, 4) is 0 Å². The van der Waals surface area contributed by atoms with Crippen molar-refractivity contribution in [3.63, 3.8) is 0 Å². The minimum absolute atomic E-state index is 0.0189. The van der Waals surface area contributed by atoms with E-state index in [1.165, 1.54) is 31.1 Å². The molecule has 584 valence electrons. The molecule has 1 fully saturated rings. The van der Waals surface area contributed by atoms with Gasteiger partial charge in [0.2, 0.25) is 65.0 Å². The number of carbonyl (C=O) groups excluding carboxylic acids is 11. The van der Waals surface area contributed by atoms with Crippen LogP contribution in [0.1, 0.15) is 118 Å². The molecule has 34 heteroatoms. The number of methoxy groups -OCH3 is 2. The highest BCUT2D eigenvalue weighted by atomic mass is 32.2. The Kier molecular flexibility index (Phi) is 45.8. The van der Waals surface area contributed by atoms with Gasteiger partial charge in [0.1, 0.15) is 23.4 Å². The Hall–Kier alpha value is -7.60. The van der Waals surface area contributed by atoms with Gasteiger partial charge in [-0.15, -0.1) is 11.8 Å². The highest BCUT2D eigenvalue weighted by molar-refractivity contribution is 8.00. The van der Waals surface area contributed by atoms with Gasteiger partial charge in [-0.2, -0.15) is 0 Å². The molecule has 11 atom stereocenters. The summed E-state index contributed by atoms with van der Waals surface area (Å²) >= 11 is 0.774. The number of hydrogen-bond donors (Lipinski definition) is 11. The molecule has 0 aliphatic carbocycles. The average molecular weight is 1480 g/mol. The number of nitrogens with zero attached hydrogens (tertiary/aromatic N) is 3. The van der Waals surface area contributed by atoms with Crippen LogP contribution in [0.3, 0.4) is 0 Å². The van der Waals surface area contributed by atoms with E-state index in [1.54, 1.807) is 57.0 Å². The molecule has 0 radical (unpaired) electrons. The Morgan fingerprint density at radius 3 is 1.80 bits per heavy atom. The SMILES string of the molecule is CCCC(CCNC(=O)CC(SCC(NC(=O)CCOCCOCCOCCOCCNC(=O)CNC(=O)CNC(=O)CN)C(N)=O)C(=O)O)CCC(=O)N(C)[C@H](C(=O)NCC(=O)N(C)[C@@H]([C@@H](C)CC)[C@@H](CC(=O)N1CCC[C@H]1[C@H](OC)[C@@H](C)C(=O)N[C@@H](Cc1ccccc1)C(=O)O)OC)C(C)C. The standard InChI is InChI=1S/C69H116N12O21S/c1-11-17-47(23-25-72-55(83)38-53(69(95)96)103-43-50(65(71)90)77-54(82)24-28-99-30-32-101-34-35-102-33-31-100-29-26-73-57(85)40-75-58(86)41-74-56(84)39-70)21-22-59(87)79(7)62(44(3)4)67(92)76-42-61(89)80(8)63(45(5)12-2)52(97-9)37-60(88)81-27-16-20-51(81)64(98-10)46(6)66(91)78-49(68(93)94)36-48-18-14-13-15-19-48/h13-15,18-19,44-47,49-53,62-64H,11-12,16-17,20-43,70H2,1-10H3,(H2,71,90)(H,72,83)(H,73,85)(H,74,84)(H,75,86)(H,76,92)(H,77,82)(H,78,91)(H,93,94)(H,95,96)/t45-,46+,47?,49-,50?,51-,52+,53?,62-,63-,64+/m0/s1. The molecule has 0 aromatic heterocycles. The molecule has 103 heavy (non-hydrogen) atoms. The molecular formula is C69H116N12O21S. The van der Waals surface area contributed by atoms with Crippen molar-refractivity contribution in [2.75, 3.05) is 133 Å². The molecule has 0 spiro atoms. The van der Waals surface area contributed by atoms with Crippen molar-refractivity contribution in [1.82, 2.24) is 51.9 Å². The maximum Gasteiger partial charge on any atom is 0.326 e. The predicted molar refractivity (Wildman–Crippen MR) is 381 cm³/mol. The molecule has 2 rings (SSSR count). The third-order valence-corrected chi connectivity index (χ3v) is 19.0. The van der Waals surface area contributed by atoms with Gasteiger partial charge in [0, 0.05) is 79.4 Å². The summed E-state index contributed by atoms with van der Waals surface area (Å²) in [5.74, 6) is -9.76. The molecule has 0 bridgehead atoms. The van der Waals surface area contributed by atoms with E-state index in [9.17, 15) is 72.5 Å². The van der Waals surface area contributed by atoms with Gasteiger partial charge in [0.05, 0.1) is 116 Å². The molecule has 1 heterocycles. The van der Waals surface area contributed by atoms with Crippen LogP contribution in [0.15, 0.2) is 30.3 Å². The normalized spacial score (nSPS) is 15.7. The number of amides is 11. The Morgan fingerprint density at radius 1 is 0.631 bits per heavy atom. The fourth-order valence-corrected chi connectivity index (χ4v) is 12.9. The number of ether oxygens (including phenoxy) is 6. The lowest BCUT2D eigenvalue weighted by atomic mass is 9.90. The molecule has 1 aliphatic rings. The van der Waals surface area contributed by atoms with Crippen LogP contribution >= 0.6 is 11.8 Å². The van der Waals surface area contributed by atoms with Crippen LogP contribution in [0, 0.1) is 23.7 Å². The quantitative estimate of drug-likeness (QED) is 0.0360. The summed E-state index contributed by atoms with van der Waals surface area (Å²) in [7, 11) is 6.04. The number of carboxylic acid groups (broad SMARTS) is 2. The molecular weight excluding hydrogens is 1360 g/mol. The number of thioether (sulfide) groups is 1. The monoisotopic (exact) mass is 1480 g/mol. The summed E-state index contributed by atoms with van der Waals surface area (Å²) in [6.07, 6.45) is 2.01. The zero-order valence-electron chi connectivity index (χ0n) is 61.7. The minimum atomic E-state index is -1.31. The van der Waals surface area contributed by atoms with Gasteiger partial charge in [-0.3, -0.25) is 57.5 Å². The highest BCUT2D eigenvalue weighted by Gasteiger charge is 2.43. The lowest BCUT2D eigenvalue weighted by molar-refractivity contribution is -0.147. The highest BCUT2D eigenvalue weighted by Crippen LogP contribution is 2.30. The van der Waals surface area contributed by atoms with E-state index in [0.717, 1.165) is 23.7 Å². The van der Waals surface area contributed by atoms with E-state index in [1.807, 2.05) is 26.8 Å². The summed E-state index contributed by atoms with van der Waals surface area (Å²) in [6, 6.07) is 4.43. The average Bonchev–Trinajstić information content (AvgIpc) is 1.76. The Balaban J connectivity index is 1.82. The molecule has 1 saturated heterocycles. The number of primary amides is 1. The fraction of sp³-hybridized carbons (Fsp3) is 0.725.